The Hall–Kier alpha value is -1.36. The molecule has 1 aromatic heterocycles. The maximum absolute atomic E-state index is 11.4. The molecule has 2 N–H and O–H groups in total. The molecule has 1 aromatic rings. The van der Waals surface area contributed by atoms with Gasteiger partial charge in [-0.1, -0.05) is 11.6 Å². The second-order valence-electron chi connectivity index (χ2n) is 5.11. The van der Waals surface area contributed by atoms with Crippen molar-refractivity contribution >= 4 is 23.3 Å². The van der Waals surface area contributed by atoms with E-state index in [0.29, 0.717) is 23.9 Å². The number of hydrogen-bond donors (Lipinski definition) is 1. The molecule has 0 aromatic carbocycles. The van der Waals surface area contributed by atoms with Crippen LogP contribution in [0.3, 0.4) is 0 Å². The van der Waals surface area contributed by atoms with Crippen LogP contribution in [0.5, 0.6) is 0 Å². The summed E-state index contributed by atoms with van der Waals surface area (Å²) in [5, 5.41) is 0.381. The second kappa shape index (κ2) is 4.39. The van der Waals surface area contributed by atoms with Gasteiger partial charge in [-0.15, -0.1) is 0 Å². The van der Waals surface area contributed by atoms with Crippen LogP contribution >= 0.6 is 11.6 Å². The molecule has 1 atom stereocenters. The highest BCUT2D eigenvalue weighted by molar-refractivity contribution is 6.31. The predicted molar refractivity (Wildman–Crippen MR) is 70.6 cm³/mol. The number of anilines is 1. The van der Waals surface area contributed by atoms with Crippen molar-refractivity contribution in [3.8, 4) is 0 Å². The topological polar surface area (TPSA) is 72.1 Å². The number of amides is 1. The van der Waals surface area contributed by atoms with Gasteiger partial charge in [-0.05, 0) is 27.2 Å². The van der Waals surface area contributed by atoms with Gasteiger partial charge in [0.25, 0.3) is 0 Å². The summed E-state index contributed by atoms with van der Waals surface area (Å²) in [7, 11) is 0. The number of halogens is 1. The molecule has 98 valence electrons. The van der Waals surface area contributed by atoms with Crippen molar-refractivity contribution < 1.29 is 4.79 Å². The first-order valence-electron chi connectivity index (χ1n) is 5.89. The minimum Gasteiger partial charge on any atom is -0.369 e. The molecule has 1 aliphatic heterocycles. The number of carbonyl (C=O) groups excluding carboxylic acids is 1. The summed E-state index contributed by atoms with van der Waals surface area (Å²) in [6.07, 6.45) is 0.716. The average molecular weight is 269 g/mol. The van der Waals surface area contributed by atoms with E-state index in [2.05, 4.69) is 9.97 Å². The third-order valence-electron chi connectivity index (χ3n) is 3.62. The van der Waals surface area contributed by atoms with Gasteiger partial charge in [-0.2, -0.15) is 0 Å². The molecule has 2 rings (SSSR count). The molecule has 1 unspecified atom stereocenters. The van der Waals surface area contributed by atoms with Crippen molar-refractivity contribution in [2.24, 2.45) is 11.1 Å². The summed E-state index contributed by atoms with van der Waals surface area (Å²) in [5.41, 5.74) is 6.59. The van der Waals surface area contributed by atoms with Crippen LogP contribution in [0.1, 0.15) is 24.7 Å². The second-order valence-corrected chi connectivity index (χ2v) is 5.46. The first-order valence-corrected chi connectivity index (χ1v) is 6.27. The Morgan fingerprint density at radius 1 is 1.39 bits per heavy atom. The molecular formula is C12H17ClN4O. The number of aromatic nitrogens is 2. The molecule has 0 spiro atoms. The lowest BCUT2D eigenvalue weighted by molar-refractivity contribution is -0.125. The van der Waals surface area contributed by atoms with Crippen LogP contribution in [-0.4, -0.2) is 29.0 Å². The van der Waals surface area contributed by atoms with Crippen LogP contribution in [-0.2, 0) is 4.79 Å². The van der Waals surface area contributed by atoms with Crippen molar-refractivity contribution in [2.75, 3.05) is 18.0 Å². The van der Waals surface area contributed by atoms with E-state index in [1.807, 2.05) is 25.7 Å². The fourth-order valence-corrected chi connectivity index (χ4v) is 2.40. The quantitative estimate of drug-likeness (QED) is 0.881. The molecular weight excluding hydrogens is 252 g/mol. The van der Waals surface area contributed by atoms with Gasteiger partial charge in [0.1, 0.15) is 0 Å². The molecule has 6 heteroatoms. The van der Waals surface area contributed by atoms with Gasteiger partial charge in [0.15, 0.2) is 11.0 Å². The largest absolute Gasteiger partial charge is 0.369 e. The van der Waals surface area contributed by atoms with E-state index >= 15 is 0 Å². The highest BCUT2D eigenvalue weighted by Crippen LogP contribution is 2.34. The molecule has 1 aliphatic rings. The number of carbonyl (C=O) groups is 1. The van der Waals surface area contributed by atoms with E-state index < -0.39 is 5.41 Å². The third kappa shape index (κ3) is 2.14. The predicted octanol–water partition coefficient (Wildman–Crippen LogP) is 1.45. The Morgan fingerprint density at radius 3 is 2.56 bits per heavy atom. The zero-order valence-electron chi connectivity index (χ0n) is 10.8. The molecule has 0 radical (unpaired) electrons. The van der Waals surface area contributed by atoms with Crippen LogP contribution in [0.4, 0.5) is 5.82 Å². The fraction of sp³-hybridized carbons (Fsp3) is 0.583. The zero-order chi connectivity index (χ0) is 13.5. The van der Waals surface area contributed by atoms with Crippen LogP contribution in [0.15, 0.2) is 0 Å². The first-order chi connectivity index (χ1) is 8.33. The van der Waals surface area contributed by atoms with Crippen molar-refractivity contribution in [1.29, 1.82) is 0 Å². The molecule has 18 heavy (non-hydrogen) atoms. The highest BCUT2D eigenvalue weighted by Gasteiger charge is 2.40. The van der Waals surface area contributed by atoms with E-state index in [1.54, 1.807) is 0 Å². The Bertz CT molecular complexity index is 505. The fourth-order valence-electron chi connectivity index (χ4n) is 2.11. The zero-order valence-corrected chi connectivity index (χ0v) is 11.6. The Morgan fingerprint density at radius 2 is 2.00 bits per heavy atom. The third-order valence-corrected chi connectivity index (χ3v) is 3.87. The lowest BCUT2D eigenvalue weighted by atomic mass is 9.89. The number of hydrogen-bond acceptors (Lipinski definition) is 4. The molecule has 0 saturated carbocycles. The van der Waals surface area contributed by atoms with Gasteiger partial charge in [0.05, 0.1) is 16.8 Å². The SMILES string of the molecule is Cc1nc(Cl)c(N2CCC(C)(C(N)=O)C2)nc1C. The lowest BCUT2D eigenvalue weighted by Gasteiger charge is -2.22. The van der Waals surface area contributed by atoms with Gasteiger partial charge in [0, 0.05) is 13.1 Å². The van der Waals surface area contributed by atoms with Crippen LogP contribution in [0, 0.1) is 19.3 Å². The van der Waals surface area contributed by atoms with Gasteiger partial charge < -0.3 is 10.6 Å². The van der Waals surface area contributed by atoms with Crippen molar-refractivity contribution in [3.63, 3.8) is 0 Å². The molecule has 1 saturated heterocycles. The monoisotopic (exact) mass is 268 g/mol. The summed E-state index contributed by atoms with van der Waals surface area (Å²) < 4.78 is 0. The molecule has 1 amide bonds. The molecule has 1 fully saturated rings. The molecule has 0 aliphatic carbocycles. The van der Waals surface area contributed by atoms with E-state index in [1.165, 1.54) is 0 Å². The van der Waals surface area contributed by atoms with Gasteiger partial charge >= 0.3 is 0 Å². The number of primary amides is 1. The normalized spacial score (nSPS) is 23.4. The highest BCUT2D eigenvalue weighted by atomic mass is 35.5. The summed E-state index contributed by atoms with van der Waals surface area (Å²) >= 11 is 6.12. The van der Waals surface area contributed by atoms with E-state index in [0.717, 1.165) is 17.9 Å². The number of rotatable bonds is 2. The van der Waals surface area contributed by atoms with Crippen LogP contribution < -0.4 is 10.6 Å². The lowest BCUT2D eigenvalue weighted by Crippen LogP contribution is -2.37. The number of aryl methyl sites for hydroxylation is 2. The van der Waals surface area contributed by atoms with Gasteiger partial charge in [0.2, 0.25) is 5.91 Å². The minimum atomic E-state index is -0.510. The van der Waals surface area contributed by atoms with Gasteiger partial charge in [-0.25, -0.2) is 9.97 Å². The summed E-state index contributed by atoms with van der Waals surface area (Å²) in [6.45, 7) is 6.90. The molecule has 0 bridgehead atoms. The Kier molecular flexibility index (Phi) is 3.19. The van der Waals surface area contributed by atoms with E-state index in [-0.39, 0.29) is 5.91 Å². The van der Waals surface area contributed by atoms with Crippen molar-refractivity contribution in [3.05, 3.63) is 16.5 Å². The minimum absolute atomic E-state index is 0.280. The number of nitrogens with two attached hydrogens (primary N) is 1. The number of nitrogens with zero attached hydrogens (tertiary/aromatic N) is 3. The standard InChI is InChI=1S/C12H17ClN4O/c1-7-8(2)16-10(9(13)15-7)17-5-4-12(3,6-17)11(14)18/h4-6H2,1-3H3,(H2,14,18). The molecule has 5 nitrogen and oxygen atoms in total. The van der Waals surface area contributed by atoms with Crippen molar-refractivity contribution in [1.82, 2.24) is 9.97 Å². The Labute approximate surface area is 111 Å². The van der Waals surface area contributed by atoms with Crippen molar-refractivity contribution in [2.45, 2.75) is 27.2 Å². The van der Waals surface area contributed by atoms with Crippen LogP contribution in [0.25, 0.3) is 0 Å². The maximum atomic E-state index is 11.4. The Balaban J connectivity index is 2.30. The maximum Gasteiger partial charge on any atom is 0.225 e. The van der Waals surface area contributed by atoms with E-state index in [9.17, 15) is 4.79 Å². The summed E-state index contributed by atoms with van der Waals surface area (Å²) in [5.74, 6) is 0.364. The smallest absolute Gasteiger partial charge is 0.225 e. The van der Waals surface area contributed by atoms with Crippen LogP contribution in [0.2, 0.25) is 5.15 Å². The average Bonchev–Trinajstić information content (AvgIpc) is 2.68. The van der Waals surface area contributed by atoms with E-state index in [4.69, 9.17) is 17.3 Å². The summed E-state index contributed by atoms with van der Waals surface area (Å²) in [4.78, 5) is 22.1. The van der Waals surface area contributed by atoms with Gasteiger partial charge in [-0.3, -0.25) is 4.79 Å². The molecule has 2 heterocycles. The summed E-state index contributed by atoms with van der Waals surface area (Å²) in [6, 6.07) is 0. The first kappa shape index (κ1) is 13.1.